The van der Waals surface area contributed by atoms with E-state index in [1.54, 1.807) is 24.3 Å². The van der Waals surface area contributed by atoms with Gasteiger partial charge in [0.2, 0.25) is 0 Å². The molecule has 0 unspecified atom stereocenters. The zero-order chi connectivity index (χ0) is 20.5. The lowest BCUT2D eigenvalue weighted by atomic mass is 10.1. The number of carbonyl (C=O) groups is 2. The Morgan fingerprint density at radius 2 is 1.75 bits per heavy atom. The number of esters is 1. The Morgan fingerprint density at radius 3 is 2.39 bits per heavy atom. The van der Waals surface area contributed by atoms with Crippen LogP contribution in [0.5, 0.6) is 5.75 Å². The molecule has 0 fully saturated rings. The number of nitrogens with one attached hydrogen (secondary N) is 1. The van der Waals surface area contributed by atoms with Crippen LogP contribution in [0.25, 0.3) is 0 Å². The van der Waals surface area contributed by atoms with Crippen LogP contribution in [0.3, 0.4) is 0 Å². The van der Waals surface area contributed by atoms with Crippen LogP contribution in [0.1, 0.15) is 54.6 Å². The van der Waals surface area contributed by atoms with Gasteiger partial charge in [0.05, 0.1) is 12.2 Å². The first-order valence-corrected chi connectivity index (χ1v) is 9.76. The number of aryl methyl sites for hydroxylation is 2. The van der Waals surface area contributed by atoms with Crippen LogP contribution in [0.15, 0.2) is 42.5 Å². The highest BCUT2D eigenvalue weighted by Gasteiger charge is 2.19. The summed E-state index contributed by atoms with van der Waals surface area (Å²) in [5.41, 5.74) is 3.14. The second kappa shape index (κ2) is 10.5. The van der Waals surface area contributed by atoms with Crippen LogP contribution in [0, 0.1) is 13.8 Å². The molecule has 0 aliphatic rings. The summed E-state index contributed by atoms with van der Waals surface area (Å²) in [6, 6.07) is 12.6. The maximum Gasteiger partial charge on any atom is 0.338 e. The number of hydrogen-bond donors (Lipinski definition) is 1. The van der Waals surface area contributed by atoms with Crippen LogP contribution in [0.4, 0.5) is 5.69 Å². The minimum absolute atomic E-state index is 0.221. The molecule has 2 aromatic carbocycles. The molecule has 0 aliphatic heterocycles. The van der Waals surface area contributed by atoms with Gasteiger partial charge in [0.1, 0.15) is 5.75 Å². The molecule has 1 atom stereocenters. The number of rotatable bonds is 9. The van der Waals surface area contributed by atoms with Crippen LogP contribution in [-0.2, 0) is 9.53 Å². The second-order valence-corrected chi connectivity index (χ2v) is 6.84. The molecule has 0 heterocycles. The van der Waals surface area contributed by atoms with Crippen molar-refractivity contribution in [1.29, 1.82) is 0 Å². The molecular formula is C23H29NO4. The van der Waals surface area contributed by atoms with Crippen molar-refractivity contribution in [2.75, 3.05) is 11.9 Å². The van der Waals surface area contributed by atoms with Crippen molar-refractivity contribution in [3.8, 4) is 5.75 Å². The van der Waals surface area contributed by atoms with Crippen LogP contribution in [0.2, 0.25) is 0 Å². The van der Waals surface area contributed by atoms with Gasteiger partial charge in [-0.15, -0.1) is 0 Å². The molecule has 1 amide bonds. The largest absolute Gasteiger partial charge is 0.480 e. The van der Waals surface area contributed by atoms with Gasteiger partial charge in [-0.2, -0.15) is 0 Å². The van der Waals surface area contributed by atoms with Crippen molar-refractivity contribution in [2.45, 2.75) is 53.1 Å². The molecule has 2 aromatic rings. The molecular weight excluding hydrogens is 354 g/mol. The maximum absolute atomic E-state index is 12.6. The fraction of sp³-hybridized carbons (Fsp3) is 0.391. The number of anilines is 1. The first-order valence-electron chi connectivity index (χ1n) is 9.76. The van der Waals surface area contributed by atoms with Gasteiger partial charge in [-0.25, -0.2) is 4.79 Å². The molecule has 0 radical (unpaired) electrons. The Kier molecular flexibility index (Phi) is 8.05. The fourth-order valence-corrected chi connectivity index (χ4v) is 2.61. The highest BCUT2D eigenvalue weighted by atomic mass is 16.5. The average Bonchev–Trinajstić information content (AvgIpc) is 2.69. The molecule has 0 spiro atoms. The second-order valence-electron chi connectivity index (χ2n) is 6.84. The SMILES string of the molecule is CCCCOC(=O)c1ccc(NC(=O)[C@H](CC)Oc2cc(C)ccc2C)cc1. The van der Waals surface area contributed by atoms with E-state index in [1.165, 1.54) is 0 Å². The Hall–Kier alpha value is -2.82. The summed E-state index contributed by atoms with van der Waals surface area (Å²) >= 11 is 0. The number of benzene rings is 2. The monoisotopic (exact) mass is 383 g/mol. The summed E-state index contributed by atoms with van der Waals surface area (Å²) in [7, 11) is 0. The van der Waals surface area contributed by atoms with Crippen LogP contribution < -0.4 is 10.1 Å². The third-order valence-corrected chi connectivity index (χ3v) is 4.40. The number of carbonyl (C=O) groups excluding carboxylic acids is 2. The summed E-state index contributed by atoms with van der Waals surface area (Å²) in [6.45, 7) is 8.31. The van der Waals surface area contributed by atoms with Gasteiger partial charge >= 0.3 is 5.97 Å². The summed E-state index contributed by atoms with van der Waals surface area (Å²) in [6.07, 6.45) is 1.76. The van der Waals surface area contributed by atoms with E-state index in [0.717, 1.165) is 24.0 Å². The first kappa shape index (κ1) is 21.5. The predicted molar refractivity (Wildman–Crippen MR) is 111 cm³/mol. The van der Waals surface area contributed by atoms with Crippen molar-refractivity contribution >= 4 is 17.6 Å². The van der Waals surface area contributed by atoms with E-state index in [9.17, 15) is 9.59 Å². The highest BCUT2D eigenvalue weighted by Crippen LogP contribution is 2.22. The third kappa shape index (κ3) is 6.12. The lowest BCUT2D eigenvalue weighted by Gasteiger charge is -2.19. The fourth-order valence-electron chi connectivity index (χ4n) is 2.61. The highest BCUT2D eigenvalue weighted by molar-refractivity contribution is 5.95. The van der Waals surface area contributed by atoms with E-state index in [0.29, 0.717) is 30.0 Å². The summed E-state index contributed by atoms with van der Waals surface area (Å²) < 4.78 is 11.1. The van der Waals surface area contributed by atoms with Gasteiger partial charge in [0.25, 0.3) is 5.91 Å². The van der Waals surface area contributed by atoms with E-state index in [1.807, 2.05) is 45.9 Å². The average molecular weight is 383 g/mol. The topological polar surface area (TPSA) is 64.6 Å². The van der Waals surface area contributed by atoms with Gasteiger partial charge in [0, 0.05) is 5.69 Å². The maximum atomic E-state index is 12.6. The molecule has 0 aliphatic carbocycles. The minimum Gasteiger partial charge on any atom is -0.480 e. The molecule has 5 heteroatoms. The van der Waals surface area contributed by atoms with Gasteiger partial charge < -0.3 is 14.8 Å². The molecule has 5 nitrogen and oxygen atoms in total. The third-order valence-electron chi connectivity index (χ3n) is 4.40. The van der Waals surface area contributed by atoms with E-state index in [2.05, 4.69) is 5.32 Å². The minimum atomic E-state index is -0.598. The Balaban J connectivity index is 1.98. The zero-order valence-electron chi connectivity index (χ0n) is 17.1. The van der Waals surface area contributed by atoms with Crippen molar-refractivity contribution < 1.29 is 19.1 Å². The van der Waals surface area contributed by atoms with E-state index < -0.39 is 6.10 Å². The lowest BCUT2D eigenvalue weighted by molar-refractivity contribution is -0.122. The summed E-state index contributed by atoms with van der Waals surface area (Å²) in [5, 5.41) is 2.85. The smallest absolute Gasteiger partial charge is 0.338 e. The summed E-state index contributed by atoms with van der Waals surface area (Å²) in [5.74, 6) is 0.143. The van der Waals surface area contributed by atoms with Crippen molar-refractivity contribution in [2.24, 2.45) is 0 Å². The molecule has 0 saturated heterocycles. The number of ether oxygens (including phenoxy) is 2. The standard InChI is InChI=1S/C23H29NO4/c1-5-7-14-27-23(26)18-10-12-19(13-11-18)24-22(25)20(6-2)28-21-15-16(3)8-9-17(21)4/h8-13,15,20H,5-7,14H2,1-4H3,(H,24,25)/t20-/m0/s1. The van der Waals surface area contributed by atoms with Crippen LogP contribution in [-0.4, -0.2) is 24.6 Å². The van der Waals surface area contributed by atoms with Gasteiger partial charge in [-0.1, -0.05) is 32.4 Å². The van der Waals surface area contributed by atoms with E-state index >= 15 is 0 Å². The Bertz CT molecular complexity index is 799. The van der Waals surface area contributed by atoms with E-state index in [4.69, 9.17) is 9.47 Å². The number of unbranched alkanes of at least 4 members (excludes halogenated alkanes) is 1. The number of amides is 1. The number of hydrogen-bond acceptors (Lipinski definition) is 4. The molecule has 1 N–H and O–H groups in total. The van der Waals surface area contributed by atoms with Crippen LogP contribution >= 0.6 is 0 Å². The van der Waals surface area contributed by atoms with Crippen molar-refractivity contribution in [3.63, 3.8) is 0 Å². The molecule has 0 saturated carbocycles. The van der Waals surface area contributed by atoms with Crippen molar-refractivity contribution in [3.05, 3.63) is 59.2 Å². The normalized spacial score (nSPS) is 11.6. The van der Waals surface area contributed by atoms with Gasteiger partial charge in [0.15, 0.2) is 6.10 Å². The molecule has 0 bridgehead atoms. The van der Waals surface area contributed by atoms with Crippen molar-refractivity contribution in [1.82, 2.24) is 0 Å². The molecule has 0 aromatic heterocycles. The zero-order valence-corrected chi connectivity index (χ0v) is 17.1. The first-order chi connectivity index (χ1) is 13.4. The quantitative estimate of drug-likeness (QED) is 0.486. The molecule has 28 heavy (non-hydrogen) atoms. The molecule has 150 valence electrons. The Morgan fingerprint density at radius 1 is 1.04 bits per heavy atom. The van der Waals surface area contributed by atoms with E-state index in [-0.39, 0.29) is 11.9 Å². The molecule has 2 rings (SSSR count). The summed E-state index contributed by atoms with van der Waals surface area (Å²) in [4.78, 5) is 24.6. The van der Waals surface area contributed by atoms with Gasteiger partial charge in [-0.05, 0) is 68.1 Å². The Labute approximate surface area is 167 Å². The predicted octanol–water partition coefficient (Wildman–Crippen LogP) is 5.06. The lowest BCUT2D eigenvalue weighted by Crippen LogP contribution is -2.32. The van der Waals surface area contributed by atoms with Gasteiger partial charge in [-0.3, -0.25) is 4.79 Å².